The third-order valence-corrected chi connectivity index (χ3v) is 14.1. The fraction of sp³-hybridized carbons (Fsp3) is 0.795. The van der Waals surface area contributed by atoms with E-state index in [0.717, 1.165) is 70.6 Å². The highest BCUT2D eigenvalue weighted by atomic mass is 32.2. The maximum Gasteiger partial charge on any atom is 0.315 e. The molecule has 14 heteroatoms. The van der Waals surface area contributed by atoms with Crippen LogP contribution in [0.2, 0.25) is 0 Å². The number of amides is 6. The van der Waals surface area contributed by atoms with E-state index in [0.29, 0.717) is 38.0 Å². The van der Waals surface area contributed by atoms with E-state index >= 15 is 0 Å². The van der Waals surface area contributed by atoms with Crippen LogP contribution in [0.15, 0.2) is 12.7 Å². The first-order chi connectivity index (χ1) is 25.1. The zero-order valence-electron chi connectivity index (χ0n) is 32.3. The maximum absolute atomic E-state index is 14.6. The first kappa shape index (κ1) is 40.9. The van der Waals surface area contributed by atoms with Crippen molar-refractivity contribution in [2.45, 2.75) is 148 Å². The number of likely N-dealkylation sites (tertiary alicyclic amines) is 1. The summed E-state index contributed by atoms with van der Waals surface area (Å²) in [6.07, 6.45) is 13.3. The fourth-order valence-corrected chi connectivity index (χ4v) is 10.5. The minimum atomic E-state index is -1.49. The van der Waals surface area contributed by atoms with Crippen molar-refractivity contribution in [3.63, 3.8) is 0 Å². The number of nitrogens with one attached hydrogen (secondary N) is 4. The Balaban J connectivity index is 1.30. The van der Waals surface area contributed by atoms with Gasteiger partial charge in [0.15, 0.2) is 0 Å². The number of urea groups is 1. The predicted octanol–water partition coefficient (Wildman–Crippen LogP) is 3.64. The number of carbonyl (C=O) groups is 6. The van der Waals surface area contributed by atoms with Crippen molar-refractivity contribution in [3.05, 3.63) is 12.7 Å². The molecule has 2 aliphatic heterocycles. The van der Waals surface area contributed by atoms with Crippen molar-refractivity contribution in [3.8, 4) is 0 Å². The molecule has 2 saturated heterocycles. The summed E-state index contributed by atoms with van der Waals surface area (Å²) in [5.41, 5.74) is -1.25. The van der Waals surface area contributed by atoms with Gasteiger partial charge in [0.05, 0.1) is 18.6 Å². The van der Waals surface area contributed by atoms with Gasteiger partial charge in [0.1, 0.15) is 23.1 Å². The molecular formula is C39H62N6O7S. The molecule has 5 rings (SSSR count). The number of Topliss-reactive ketones (excluding diaryl/α,β-unsaturated/α-hetero) is 1. The van der Waals surface area contributed by atoms with Crippen LogP contribution in [0.25, 0.3) is 0 Å². The highest BCUT2D eigenvalue weighted by Crippen LogP contribution is 2.45. The van der Waals surface area contributed by atoms with Crippen molar-refractivity contribution < 1.29 is 33.0 Å². The first-order valence-corrected chi connectivity index (χ1v) is 21.1. The first-order valence-electron chi connectivity index (χ1n) is 19.9. The molecule has 5 atom stereocenters. The number of ketones is 1. The van der Waals surface area contributed by atoms with Gasteiger partial charge in [0.2, 0.25) is 23.5 Å². The van der Waals surface area contributed by atoms with E-state index in [-0.39, 0.29) is 36.2 Å². The molecule has 13 nitrogen and oxygen atoms in total. The van der Waals surface area contributed by atoms with Gasteiger partial charge in [-0.2, -0.15) is 0 Å². The van der Waals surface area contributed by atoms with Crippen LogP contribution < -0.4 is 21.3 Å². The lowest BCUT2D eigenvalue weighted by Crippen LogP contribution is -2.63. The summed E-state index contributed by atoms with van der Waals surface area (Å²) in [7, 11) is -1.49. The van der Waals surface area contributed by atoms with Crippen molar-refractivity contribution >= 4 is 46.4 Å². The Kier molecular flexibility index (Phi) is 13.1. The average molecular weight is 759 g/mol. The van der Waals surface area contributed by atoms with Crippen molar-refractivity contribution in [2.75, 3.05) is 25.4 Å². The molecule has 1 spiro atoms. The molecule has 6 amide bonds. The molecule has 2 unspecified atom stereocenters. The van der Waals surface area contributed by atoms with E-state index in [9.17, 15) is 33.0 Å². The third kappa shape index (κ3) is 10.1. The smallest absolute Gasteiger partial charge is 0.315 e. The van der Waals surface area contributed by atoms with E-state index in [1.54, 1.807) is 0 Å². The maximum atomic E-state index is 14.6. The molecule has 0 bridgehead atoms. The number of nitrogens with zero attached hydrogens (tertiary/aromatic N) is 2. The molecular weight excluding hydrogens is 697 g/mol. The van der Waals surface area contributed by atoms with Crippen molar-refractivity contribution in [1.29, 1.82) is 0 Å². The van der Waals surface area contributed by atoms with Gasteiger partial charge in [-0.15, -0.1) is 6.58 Å². The second kappa shape index (κ2) is 17.0. The standard InChI is InChI=1S/C39H62N6O7S/c1-6-20-40-34(49)31(47)27(22-26-14-15-26)41-33(48)28-13-12-21-44(28)35(50)32(38(5)16-8-7-9-17-38)43-36(51)42-29(37(2,3)4)24-45-30(46)23-39(25-53(45)52)18-10-11-19-39/h6,26-29,32H,1,7-25H2,2-5H3,(H,40,49)(H,41,48)(H2,42,43,51)/t27?,28-,29+,32+,53?/m0/s1. The summed E-state index contributed by atoms with van der Waals surface area (Å²) in [5, 5.41) is 11.4. The summed E-state index contributed by atoms with van der Waals surface area (Å²) in [5.74, 6) is -1.75. The summed E-state index contributed by atoms with van der Waals surface area (Å²) in [4.78, 5) is 83.0. The number of carbonyl (C=O) groups excluding carboxylic acids is 6. The number of rotatable bonds is 14. The lowest BCUT2D eigenvalue weighted by atomic mass is 9.70. The SMILES string of the molecule is C=CCNC(=O)C(=O)C(CC1CC1)NC(=O)[C@@H]1CCCN1C(=O)[C@@H](NC(=O)N[C@H](CN1C(=O)CC2(CCCC2)CS1=O)C(C)(C)C)C1(C)CCCCC1. The second-order valence-corrected chi connectivity index (χ2v) is 19.2. The Morgan fingerprint density at radius 2 is 1.60 bits per heavy atom. The highest BCUT2D eigenvalue weighted by Gasteiger charge is 2.48. The molecule has 0 aromatic heterocycles. The molecule has 0 aromatic rings. The minimum Gasteiger partial charge on any atom is -0.346 e. The van der Waals surface area contributed by atoms with Gasteiger partial charge in [0.25, 0.3) is 5.91 Å². The van der Waals surface area contributed by atoms with Crippen LogP contribution in [0.5, 0.6) is 0 Å². The van der Waals surface area contributed by atoms with Crippen molar-refractivity contribution in [2.24, 2.45) is 22.2 Å². The van der Waals surface area contributed by atoms with Crippen molar-refractivity contribution in [1.82, 2.24) is 30.5 Å². The van der Waals surface area contributed by atoms with E-state index in [4.69, 9.17) is 0 Å². The Morgan fingerprint density at radius 3 is 2.21 bits per heavy atom. The van der Waals surface area contributed by atoms with Gasteiger partial charge < -0.3 is 26.2 Å². The van der Waals surface area contributed by atoms with Crippen LogP contribution >= 0.6 is 0 Å². The van der Waals surface area contributed by atoms with Crippen LogP contribution in [0.4, 0.5) is 4.79 Å². The Hall–Kier alpha value is -3.29. The lowest BCUT2D eigenvalue weighted by molar-refractivity contribution is -0.144. The Morgan fingerprint density at radius 1 is 0.943 bits per heavy atom. The second-order valence-electron chi connectivity index (χ2n) is 17.8. The third-order valence-electron chi connectivity index (χ3n) is 12.4. The topological polar surface area (TPSA) is 174 Å². The quantitative estimate of drug-likeness (QED) is 0.155. The molecule has 0 aromatic carbocycles. The molecule has 3 aliphatic carbocycles. The zero-order valence-corrected chi connectivity index (χ0v) is 33.1. The Bertz CT molecular complexity index is 1430. The largest absolute Gasteiger partial charge is 0.346 e. The Labute approximate surface area is 317 Å². The monoisotopic (exact) mass is 758 g/mol. The van der Waals surface area contributed by atoms with Gasteiger partial charge in [-0.3, -0.25) is 28.3 Å². The van der Waals surface area contributed by atoms with Gasteiger partial charge in [-0.1, -0.05) is 78.7 Å². The van der Waals surface area contributed by atoms with Crippen LogP contribution in [0.1, 0.15) is 124 Å². The molecule has 53 heavy (non-hydrogen) atoms. The normalized spacial score (nSPS) is 25.6. The van der Waals surface area contributed by atoms with Crippen LogP contribution in [0.3, 0.4) is 0 Å². The molecule has 2 heterocycles. The predicted molar refractivity (Wildman–Crippen MR) is 202 cm³/mol. The highest BCUT2D eigenvalue weighted by molar-refractivity contribution is 7.83. The van der Waals surface area contributed by atoms with E-state index < -0.39 is 69.6 Å². The van der Waals surface area contributed by atoms with Crippen LogP contribution in [0, 0.1) is 22.2 Å². The van der Waals surface area contributed by atoms with Crippen LogP contribution in [-0.2, 0) is 35.0 Å². The summed E-state index contributed by atoms with van der Waals surface area (Å²) in [6.45, 7) is 12.0. The zero-order chi connectivity index (χ0) is 38.6. The van der Waals surface area contributed by atoms with Gasteiger partial charge in [0, 0.05) is 25.3 Å². The number of hydrogen-bond donors (Lipinski definition) is 4. The van der Waals surface area contributed by atoms with E-state index in [1.165, 1.54) is 15.3 Å². The van der Waals surface area contributed by atoms with Crippen LogP contribution in [-0.4, -0.2) is 98.4 Å². The summed E-state index contributed by atoms with van der Waals surface area (Å²) >= 11 is 0. The molecule has 3 saturated carbocycles. The molecule has 4 N–H and O–H groups in total. The average Bonchev–Trinajstić information content (AvgIpc) is 3.58. The van der Waals surface area contributed by atoms with E-state index in [1.807, 2.05) is 27.7 Å². The molecule has 296 valence electrons. The minimum absolute atomic E-state index is 0.0923. The molecule has 0 radical (unpaired) electrons. The summed E-state index contributed by atoms with van der Waals surface area (Å²) in [6, 6.07) is -3.89. The molecule has 5 aliphatic rings. The van der Waals surface area contributed by atoms with Gasteiger partial charge in [-0.05, 0) is 67.1 Å². The summed E-state index contributed by atoms with van der Waals surface area (Å²) < 4.78 is 14.9. The van der Waals surface area contributed by atoms with Gasteiger partial charge >= 0.3 is 6.03 Å². The fourth-order valence-electron chi connectivity index (χ4n) is 8.82. The lowest BCUT2D eigenvalue weighted by Gasteiger charge is -2.43. The number of hydrogen-bond acceptors (Lipinski definition) is 7. The molecule has 5 fully saturated rings. The van der Waals surface area contributed by atoms with E-state index in [2.05, 4.69) is 27.8 Å². The van der Waals surface area contributed by atoms with Gasteiger partial charge in [-0.25, -0.2) is 9.00 Å².